The van der Waals surface area contributed by atoms with Crippen molar-refractivity contribution < 1.29 is 0 Å². The molecular weight excluding hydrogens is 621 g/mol. The highest BCUT2D eigenvalue weighted by Crippen LogP contribution is 2.38. The van der Waals surface area contributed by atoms with E-state index < -0.39 is 0 Å². The average Bonchev–Trinajstić information content (AvgIpc) is 3.54. The SMILES string of the molecule is c1ccc(C2=NC(c3ccc4ccccc4c3)NC(c3ccc(-n4c5ccccc5c5cc(-c6ccccc6)ccc54)c4ccccc34)=N2)cc1. The zero-order valence-electron chi connectivity index (χ0n) is 27.7. The molecule has 0 saturated heterocycles. The van der Waals surface area contributed by atoms with Crippen LogP contribution in [0, 0.1) is 0 Å². The van der Waals surface area contributed by atoms with E-state index in [0.29, 0.717) is 5.84 Å². The molecule has 4 nitrogen and oxygen atoms in total. The Labute approximate surface area is 295 Å². The van der Waals surface area contributed by atoms with Crippen molar-refractivity contribution in [3.8, 4) is 16.8 Å². The van der Waals surface area contributed by atoms with Crippen LogP contribution in [0.3, 0.4) is 0 Å². The van der Waals surface area contributed by atoms with Gasteiger partial charge in [0.25, 0.3) is 0 Å². The van der Waals surface area contributed by atoms with Crippen molar-refractivity contribution in [1.82, 2.24) is 9.88 Å². The summed E-state index contributed by atoms with van der Waals surface area (Å²) in [5.41, 5.74) is 9.04. The third-order valence-electron chi connectivity index (χ3n) is 10.0. The molecule has 1 aliphatic heterocycles. The number of nitrogens with one attached hydrogen (secondary N) is 1. The van der Waals surface area contributed by atoms with Gasteiger partial charge in [0.2, 0.25) is 0 Å². The standard InChI is InChI=1S/C47H32N4/c1-3-13-31(14-4-1)35-25-27-44-41(30-35)39-21-11-12-22-42(39)51(44)43-28-26-40(37-19-9-10-20-38(37)43)47-49-45(33-16-5-2-6-17-33)48-46(50-47)36-24-23-32-15-7-8-18-34(32)29-36/h1-30,46H,(H,48,49,50). The molecule has 0 aliphatic carbocycles. The number of nitrogens with zero attached hydrogens (tertiary/aromatic N) is 3. The van der Waals surface area contributed by atoms with E-state index in [-0.39, 0.29) is 6.17 Å². The highest BCUT2D eigenvalue weighted by Gasteiger charge is 2.24. The first kappa shape index (κ1) is 29.2. The number of aromatic nitrogens is 1. The summed E-state index contributed by atoms with van der Waals surface area (Å²) in [7, 11) is 0. The van der Waals surface area contributed by atoms with E-state index in [0.717, 1.165) is 39.0 Å². The Balaban J connectivity index is 1.14. The highest BCUT2D eigenvalue weighted by atomic mass is 15.2. The zero-order valence-corrected chi connectivity index (χ0v) is 27.7. The van der Waals surface area contributed by atoms with Crippen LogP contribution in [-0.2, 0) is 0 Å². The zero-order chi connectivity index (χ0) is 33.7. The monoisotopic (exact) mass is 652 g/mol. The van der Waals surface area contributed by atoms with Gasteiger partial charge in [0.1, 0.15) is 12.0 Å². The van der Waals surface area contributed by atoms with Gasteiger partial charge >= 0.3 is 0 Å². The fourth-order valence-corrected chi connectivity index (χ4v) is 7.58. The molecule has 0 saturated carbocycles. The smallest absolute Gasteiger partial charge is 0.159 e. The van der Waals surface area contributed by atoms with Crippen molar-refractivity contribution in [3.05, 3.63) is 199 Å². The van der Waals surface area contributed by atoms with E-state index >= 15 is 0 Å². The van der Waals surface area contributed by atoms with Crippen molar-refractivity contribution in [2.45, 2.75) is 6.17 Å². The lowest BCUT2D eigenvalue weighted by molar-refractivity contribution is 0.675. The number of para-hydroxylation sites is 1. The van der Waals surface area contributed by atoms with Gasteiger partial charge in [0, 0.05) is 27.3 Å². The van der Waals surface area contributed by atoms with Crippen molar-refractivity contribution in [3.63, 3.8) is 0 Å². The molecule has 1 unspecified atom stereocenters. The summed E-state index contributed by atoms with van der Waals surface area (Å²) in [5.74, 6) is 1.52. The molecular formula is C47H32N4. The van der Waals surface area contributed by atoms with Crippen molar-refractivity contribution in [1.29, 1.82) is 0 Å². The molecule has 1 atom stereocenters. The normalized spacial score (nSPS) is 14.5. The van der Waals surface area contributed by atoms with Gasteiger partial charge in [-0.1, -0.05) is 146 Å². The predicted octanol–water partition coefficient (Wildman–Crippen LogP) is 11.3. The quantitative estimate of drug-likeness (QED) is 0.197. The molecule has 0 radical (unpaired) electrons. The number of amidine groups is 2. The summed E-state index contributed by atoms with van der Waals surface area (Å²) in [4.78, 5) is 10.3. The third kappa shape index (κ3) is 5.00. The molecule has 0 bridgehead atoms. The molecule has 0 spiro atoms. The van der Waals surface area contributed by atoms with Crippen LogP contribution in [0.25, 0.3) is 60.2 Å². The van der Waals surface area contributed by atoms with Crippen LogP contribution in [0.15, 0.2) is 192 Å². The van der Waals surface area contributed by atoms with Gasteiger partial charge in [-0.3, -0.25) is 0 Å². The first-order valence-electron chi connectivity index (χ1n) is 17.4. The number of rotatable bonds is 5. The lowest BCUT2D eigenvalue weighted by atomic mass is 10.00. The van der Waals surface area contributed by atoms with E-state index in [2.05, 4.69) is 174 Å². The maximum Gasteiger partial charge on any atom is 0.159 e. The van der Waals surface area contributed by atoms with Gasteiger partial charge in [-0.15, -0.1) is 0 Å². The Morgan fingerprint density at radius 2 is 1.12 bits per heavy atom. The lowest BCUT2D eigenvalue weighted by Crippen LogP contribution is -2.33. The fraction of sp³-hybridized carbons (Fsp3) is 0.0213. The topological polar surface area (TPSA) is 41.7 Å². The minimum absolute atomic E-state index is 0.299. The van der Waals surface area contributed by atoms with E-state index in [9.17, 15) is 0 Å². The van der Waals surface area contributed by atoms with E-state index in [1.54, 1.807) is 0 Å². The molecule has 0 amide bonds. The molecule has 0 fully saturated rings. The molecule has 4 heteroatoms. The molecule has 8 aromatic carbocycles. The van der Waals surface area contributed by atoms with Crippen LogP contribution in [-0.4, -0.2) is 16.2 Å². The lowest BCUT2D eigenvalue weighted by Gasteiger charge is -2.25. The number of hydrogen-bond acceptors (Lipinski definition) is 3. The Hall–Kier alpha value is -6.78. The highest BCUT2D eigenvalue weighted by molar-refractivity contribution is 6.19. The third-order valence-corrected chi connectivity index (χ3v) is 10.0. The predicted molar refractivity (Wildman–Crippen MR) is 213 cm³/mol. The minimum Gasteiger partial charge on any atom is -0.344 e. The van der Waals surface area contributed by atoms with Crippen LogP contribution in [0.2, 0.25) is 0 Å². The molecule has 1 N–H and O–H groups in total. The summed E-state index contributed by atoms with van der Waals surface area (Å²) < 4.78 is 2.41. The second kappa shape index (κ2) is 12.0. The van der Waals surface area contributed by atoms with Gasteiger partial charge in [-0.05, 0) is 69.2 Å². The fourth-order valence-electron chi connectivity index (χ4n) is 7.58. The van der Waals surface area contributed by atoms with E-state index in [4.69, 9.17) is 9.98 Å². The molecule has 1 aliphatic rings. The molecule has 51 heavy (non-hydrogen) atoms. The van der Waals surface area contributed by atoms with Crippen molar-refractivity contribution in [2.75, 3.05) is 0 Å². The van der Waals surface area contributed by atoms with Gasteiger partial charge in [-0.2, -0.15) is 0 Å². The molecule has 1 aromatic heterocycles. The Morgan fingerprint density at radius 3 is 1.94 bits per heavy atom. The van der Waals surface area contributed by atoms with Gasteiger partial charge in [0.05, 0.1) is 16.7 Å². The first-order valence-corrected chi connectivity index (χ1v) is 17.4. The number of hydrogen-bond donors (Lipinski definition) is 1. The number of benzene rings is 8. The Morgan fingerprint density at radius 1 is 0.451 bits per heavy atom. The summed E-state index contributed by atoms with van der Waals surface area (Å²) >= 11 is 0. The summed E-state index contributed by atoms with van der Waals surface area (Å²) in [6, 6.07) is 64.6. The maximum absolute atomic E-state index is 5.19. The van der Waals surface area contributed by atoms with Crippen LogP contribution in [0.5, 0.6) is 0 Å². The number of fused-ring (bicyclic) bond motifs is 5. The summed E-state index contributed by atoms with van der Waals surface area (Å²) in [6.07, 6.45) is -0.299. The van der Waals surface area contributed by atoms with Crippen LogP contribution >= 0.6 is 0 Å². The maximum atomic E-state index is 5.19. The number of aliphatic imine (C=N–C) groups is 2. The Kier molecular flexibility index (Phi) is 6.85. The first-order chi connectivity index (χ1) is 25.3. The van der Waals surface area contributed by atoms with Gasteiger partial charge in [0.15, 0.2) is 5.84 Å². The molecule has 10 rings (SSSR count). The van der Waals surface area contributed by atoms with E-state index in [1.807, 2.05) is 18.2 Å². The summed E-state index contributed by atoms with van der Waals surface area (Å²) in [5, 5.41) is 10.9. The second-order valence-corrected chi connectivity index (χ2v) is 13.1. The van der Waals surface area contributed by atoms with E-state index in [1.165, 1.54) is 43.7 Å². The van der Waals surface area contributed by atoms with Crippen LogP contribution < -0.4 is 5.32 Å². The largest absolute Gasteiger partial charge is 0.344 e. The van der Waals surface area contributed by atoms with Crippen LogP contribution in [0.4, 0.5) is 0 Å². The summed E-state index contributed by atoms with van der Waals surface area (Å²) in [6.45, 7) is 0. The Bertz CT molecular complexity index is 2830. The second-order valence-electron chi connectivity index (χ2n) is 13.1. The minimum atomic E-state index is -0.299. The molecule has 240 valence electrons. The van der Waals surface area contributed by atoms with Gasteiger partial charge in [-0.25, -0.2) is 9.98 Å². The molecule has 9 aromatic rings. The van der Waals surface area contributed by atoms with Crippen LogP contribution in [0.1, 0.15) is 22.9 Å². The van der Waals surface area contributed by atoms with Crippen molar-refractivity contribution >= 4 is 55.0 Å². The van der Waals surface area contributed by atoms with Gasteiger partial charge < -0.3 is 9.88 Å². The van der Waals surface area contributed by atoms with Crippen molar-refractivity contribution in [2.24, 2.45) is 9.98 Å². The molecule has 2 heterocycles. The average molecular weight is 653 g/mol.